The maximum absolute atomic E-state index is 13.7. The molecule has 126 valence electrons. The number of nitrogens with zero attached hydrogens (tertiary/aromatic N) is 5. The second-order valence-electron chi connectivity index (χ2n) is 5.45. The van der Waals surface area contributed by atoms with E-state index in [4.69, 9.17) is 16.1 Å². The molecule has 0 atom stereocenters. The Morgan fingerprint density at radius 1 is 1.24 bits per heavy atom. The third kappa shape index (κ3) is 2.80. The van der Waals surface area contributed by atoms with E-state index in [-0.39, 0.29) is 17.3 Å². The zero-order valence-corrected chi connectivity index (χ0v) is 13.7. The van der Waals surface area contributed by atoms with Crippen LogP contribution in [0.5, 0.6) is 0 Å². The maximum Gasteiger partial charge on any atom is 0.350 e. The van der Waals surface area contributed by atoms with Crippen LogP contribution in [0.15, 0.2) is 45.8 Å². The van der Waals surface area contributed by atoms with Crippen molar-refractivity contribution in [2.75, 3.05) is 0 Å². The summed E-state index contributed by atoms with van der Waals surface area (Å²) < 4.78 is 21.3. The van der Waals surface area contributed by atoms with Gasteiger partial charge in [0.2, 0.25) is 5.89 Å². The molecule has 0 saturated carbocycles. The van der Waals surface area contributed by atoms with E-state index in [0.717, 1.165) is 0 Å². The molecule has 0 spiro atoms. The molecular weight excluding hydrogens is 349 g/mol. The Labute approximate surface area is 145 Å². The summed E-state index contributed by atoms with van der Waals surface area (Å²) in [7, 11) is 0. The lowest BCUT2D eigenvalue weighted by molar-refractivity contribution is 0.361. The fourth-order valence-electron chi connectivity index (χ4n) is 2.50. The molecule has 0 fully saturated rings. The highest BCUT2D eigenvalue weighted by Crippen LogP contribution is 2.24. The second kappa shape index (κ2) is 5.82. The number of hydrogen-bond acceptors (Lipinski definition) is 5. The number of halogens is 2. The Balaban J connectivity index is 1.76. The van der Waals surface area contributed by atoms with Crippen LogP contribution in [-0.2, 0) is 6.54 Å². The van der Waals surface area contributed by atoms with Gasteiger partial charge < -0.3 is 4.52 Å². The van der Waals surface area contributed by atoms with Gasteiger partial charge in [-0.15, -0.1) is 5.10 Å². The molecule has 3 heterocycles. The Hall–Kier alpha value is -3.00. The van der Waals surface area contributed by atoms with Crippen molar-refractivity contribution in [3.05, 3.63) is 69.6 Å². The Morgan fingerprint density at radius 2 is 2.04 bits per heavy atom. The van der Waals surface area contributed by atoms with Gasteiger partial charge in [-0.2, -0.15) is 4.98 Å². The minimum Gasteiger partial charge on any atom is -0.337 e. The minimum atomic E-state index is -0.519. The van der Waals surface area contributed by atoms with Crippen LogP contribution in [-0.4, -0.2) is 24.3 Å². The SMILES string of the molecule is Cc1noc(Cn2nc3ccc(-c4ccc(Cl)c(F)c4)cn3c2=O)n1. The third-order valence-corrected chi connectivity index (χ3v) is 3.99. The van der Waals surface area contributed by atoms with Crippen molar-refractivity contribution in [1.82, 2.24) is 24.3 Å². The van der Waals surface area contributed by atoms with E-state index in [1.54, 1.807) is 31.3 Å². The van der Waals surface area contributed by atoms with Gasteiger partial charge in [0, 0.05) is 6.20 Å². The van der Waals surface area contributed by atoms with E-state index in [0.29, 0.717) is 28.5 Å². The first-order valence-electron chi connectivity index (χ1n) is 7.35. The molecule has 0 N–H and O–H groups in total. The van der Waals surface area contributed by atoms with Gasteiger partial charge in [-0.1, -0.05) is 22.8 Å². The molecule has 0 unspecified atom stereocenters. The zero-order chi connectivity index (χ0) is 17.6. The van der Waals surface area contributed by atoms with Gasteiger partial charge in [-0.3, -0.25) is 0 Å². The molecule has 0 bridgehead atoms. The number of pyridine rings is 1. The molecule has 0 amide bonds. The highest BCUT2D eigenvalue weighted by atomic mass is 35.5. The van der Waals surface area contributed by atoms with Crippen molar-refractivity contribution in [2.24, 2.45) is 0 Å². The van der Waals surface area contributed by atoms with Gasteiger partial charge in [-0.05, 0) is 42.3 Å². The van der Waals surface area contributed by atoms with Gasteiger partial charge >= 0.3 is 5.69 Å². The normalized spacial score (nSPS) is 11.3. The molecule has 0 aliphatic rings. The number of fused-ring (bicyclic) bond motifs is 1. The molecule has 9 heteroatoms. The van der Waals surface area contributed by atoms with Crippen LogP contribution in [0.4, 0.5) is 4.39 Å². The minimum absolute atomic E-state index is 0.0460. The summed E-state index contributed by atoms with van der Waals surface area (Å²) >= 11 is 5.71. The lowest BCUT2D eigenvalue weighted by atomic mass is 10.1. The first kappa shape index (κ1) is 15.5. The smallest absolute Gasteiger partial charge is 0.337 e. The standard InChI is InChI=1S/C16H11ClFN5O2/c1-9-19-15(25-21-9)8-23-16(24)22-7-11(3-5-14(22)20-23)10-2-4-12(17)13(18)6-10/h2-7H,8H2,1H3. The van der Waals surface area contributed by atoms with Gasteiger partial charge in [0.25, 0.3) is 0 Å². The highest BCUT2D eigenvalue weighted by Gasteiger charge is 2.12. The van der Waals surface area contributed by atoms with Crippen molar-refractivity contribution < 1.29 is 8.91 Å². The van der Waals surface area contributed by atoms with E-state index in [1.165, 1.54) is 21.2 Å². The fraction of sp³-hybridized carbons (Fsp3) is 0.125. The quantitative estimate of drug-likeness (QED) is 0.562. The summed E-state index contributed by atoms with van der Waals surface area (Å²) in [6, 6.07) is 7.91. The average molecular weight is 360 g/mol. The lowest BCUT2D eigenvalue weighted by Crippen LogP contribution is -2.21. The average Bonchev–Trinajstić information content (AvgIpc) is 3.14. The number of hydrogen-bond donors (Lipinski definition) is 0. The van der Waals surface area contributed by atoms with Crippen LogP contribution in [0.2, 0.25) is 5.02 Å². The van der Waals surface area contributed by atoms with Crippen molar-refractivity contribution in [3.63, 3.8) is 0 Å². The monoisotopic (exact) mass is 359 g/mol. The maximum atomic E-state index is 13.7. The van der Waals surface area contributed by atoms with Gasteiger partial charge in [0.1, 0.15) is 12.4 Å². The topological polar surface area (TPSA) is 78.2 Å². The molecule has 4 rings (SSSR count). The van der Waals surface area contributed by atoms with Crippen LogP contribution >= 0.6 is 11.6 Å². The third-order valence-electron chi connectivity index (χ3n) is 3.68. The number of rotatable bonds is 3. The van der Waals surface area contributed by atoms with Crippen LogP contribution in [0, 0.1) is 12.7 Å². The van der Waals surface area contributed by atoms with Crippen LogP contribution in [0.3, 0.4) is 0 Å². The van der Waals surface area contributed by atoms with Crippen LogP contribution in [0.25, 0.3) is 16.8 Å². The number of aryl methyl sites for hydroxylation is 1. The van der Waals surface area contributed by atoms with Crippen LogP contribution < -0.4 is 5.69 Å². The van der Waals surface area contributed by atoms with Crippen LogP contribution in [0.1, 0.15) is 11.7 Å². The number of benzene rings is 1. The van der Waals surface area contributed by atoms with E-state index in [2.05, 4.69) is 15.2 Å². The summed E-state index contributed by atoms with van der Waals surface area (Å²) in [4.78, 5) is 16.6. The molecule has 0 aliphatic heterocycles. The molecule has 7 nitrogen and oxygen atoms in total. The van der Waals surface area contributed by atoms with E-state index >= 15 is 0 Å². The Kier molecular flexibility index (Phi) is 3.61. The molecule has 0 aliphatic carbocycles. The highest BCUT2D eigenvalue weighted by molar-refractivity contribution is 6.30. The van der Waals surface area contributed by atoms with E-state index in [1.807, 2.05) is 0 Å². The van der Waals surface area contributed by atoms with Gasteiger partial charge in [0.05, 0.1) is 5.02 Å². The summed E-state index contributed by atoms with van der Waals surface area (Å²) in [6.07, 6.45) is 1.60. The Bertz CT molecular complexity index is 1150. The summed E-state index contributed by atoms with van der Waals surface area (Å²) in [5.74, 6) is 0.260. The molecule has 3 aromatic heterocycles. The van der Waals surface area contributed by atoms with Gasteiger partial charge in [-0.25, -0.2) is 18.3 Å². The molecule has 4 aromatic rings. The largest absolute Gasteiger partial charge is 0.350 e. The molecule has 0 radical (unpaired) electrons. The zero-order valence-electron chi connectivity index (χ0n) is 13.0. The van der Waals surface area contributed by atoms with Crippen molar-refractivity contribution in [1.29, 1.82) is 0 Å². The summed E-state index contributed by atoms with van der Waals surface area (Å²) in [5.41, 5.74) is 1.37. The Morgan fingerprint density at radius 3 is 2.76 bits per heavy atom. The van der Waals surface area contributed by atoms with E-state index in [9.17, 15) is 9.18 Å². The molecule has 1 aromatic carbocycles. The fourth-order valence-corrected chi connectivity index (χ4v) is 2.62. The predicted octanol–water partition coefficient (Wildman–Crippen LogP) is 2.70. The van der Waals surface area contributed by atoms with E-state index < -0.39 is 5.82 Å². The molecule has 0 saturated heterocycles. The number of aromatic nitrogens is 5. The molecular formula is C16H11ClFN5O2. The lowest BCUT2D eigenvalue weighted by Gasteiger charge is -2.03. The second-order valence-corrected chi connectivity index (χ2v) is 5.86. The predicted molar refractivity (Wildman–Crippen MR) is 88.0 cm³/mol. The summed E-state index contributed by atoms with van der Waals surface area (Å²) in [5, 5.41) is 7.96. The van der Waals surface area contributed by atoms with Crippen molar-refractivity contribution >= 4 is 17.2 Å². The van der Waals surface area contributed by atoms with Crippen molar-refractivity contribution in [2.45, 2.75) is 13.5 Å². The first-order valence-corrected chi connectivity index (χ1v) is 7.73. The summed E-state index contributed by atoms with van der Waals surface area (Å²) in [6.45, 7) is 1.77. The first-order chi connectivity index (χ1) is 12.0. The molecule has 25 heavy (non-hydrogen) atoms. The van der Waals surface area contributed by atoms with Crippen molar-refractivity contribution in [3.8, 4) is 11.1 Å². The van der Waals surface area contributed by atoms with Gasteiger partial charge in [0.15, 0.2) is 11.5 Å².